The molecule has 1 fully saturated rings. The van der Waals surface area contributed by atoms with Gasteiger partial charge >= 0.3 is 0 Å². The Morgan fingerprint density at radius 3 is 2.25 bits per heavy atom. The normalized spacial score (nSPS) is 14.4. The number of hydrogen-bond acceptors (Lipinski definition) is 3. The molecule has 0 N–H and O–H groups in total. The van der Waals surface area contributed by atoms with Crippen molar-refractivity contribution in [2.75, 3.05) is 20.1 Å². The van der Waals surface area contributed by atoms with Gasteiger partial charge in [0.05, 0.1) is 4.47 Å². The van der Waals surface area contributed by atoms with Crippen molar-refractivity contribution >= 4 is 22.2 Å². The van der Waals surface area contributed by atoms with Gasteiger partial charge < -0.3 is 9.64 Å². The number of piperidine rings is 1. The van der Waals surface area contributed by atoms with E-state index >= 15 is 0 Å². The number of carbonyl (C=O) groups excluding carboxylic acids is 1. The van der Waals surface area contributed by atoms with Crippen LogP contribution in [-0.2, 0) is 6.61 Å². The van der Waals surface area contributed by atoms with Gasteiger partial charge in [-0.05, 0) is 66.6 Å². The fourth-order valence-electron chi connectivity index (χ4n) is 2.47. The highest BCUT2D eigenvalue weighted by Gasteiger charge is 2.02. The Bertz CT molecular complexity index is 622. The predicted octanol–water partition coefficient (Wildman–Crippen LogP) is 4.94. The first-order valence-electron chi connectivity index (χ1n) is 8.29. The van der Waals surface area contributed by atoms with E-state index in [1.165, 1.54) is 32.4 Å². The molecule has 0 unspecified atom stereocenters. The maximum Gasteiger partial charge on any atom is 0.150 e. The van der Waals surface area contributed by atoms with Crippen molar-refractivity contribution in [1.29, 1.82) is 0 Å². The molecule has 0 amide bonds. The van der Waals surface area contributed by atoms with Crippen LogP contribution in [0.5, 0.6) is 5.75 Å². The Morgan fingerprint density at radius 1 is 1.04 bits per heavy atom. The molecule has 0 bridgehead atoms. The van der Waals surface area contributed by atoms with Crippen LogP contribution >= 0.6 is 15.9 Å². The SMILES string of the molecule is CN1CCCCC1.O=Cc1ccc(COc2ccccc2Br)cc1. The fraction of sp³-hybridized carbons (Fsp3) is 0.350. The van der Waals surface area contributed by atoms with Crippen LogP contribution < -0.4 is 4.74 Å². The van der Waals surface area contributed by atoms with Gasteiger partial charge in [-0.3, -0.25) is 4.79 Å². The van der Waals surface area contributed by atoms with E-state index in [-0.39, 0.29) is 0 Å². The van der Waals surface area contributed by atoms with Gasteiger partial charge in [0.25, 0.3) is 0 Å². The Labute approximate surface area is 152 Å². The van der Waals surface area contributed by atoms with E-state index in [1.807, 2.05) is 36.4 Å². The summed E-state index contributed by atoms with van der Waals surface area (Å²) in [5.41, 5.74) is 1.71. The van der Waals surface area contributed by atoms with Crippen LogP contribution in [0.2, 0.25) is 0 Å². The quantitative estimate of drug-likeness (QED) is 0.693. The van der Waals surface area contributed by atoms with E-state index in [9.17, 15) is 4.79 Å². The van der Waals surface area contributed by atoms with Gasteiger partial charge in [-0.1, -0.05) is 42.8 Å². The van der Waals surface area contributed by atoms with Crippen LogP contribution in [0.25, 0.3) is 0 Å². The molecule has 4 heteroatoms. The summed E-state index contributed by atoms with van der Waals surface area (Å²) in [6.07, 6.45) is 5.11. The highest BCUT2D eigenvalue weighted by atomic mass is 79.9. The highest BCUT2D eigenvalue weighted by Crippen LogP contribution is 2.24. The van der Waals surface area contributed by atoms with Crippen molar-refractivity contribution in [2.45, 2.75) is 25.9 Å². The van der Waals surface area contributed by atoms with Gasteiger partial charge in [0, 0.05) is 5.56 Å². The molecule has 128 valence electrons. The molecule has 2 aromatic carbocycles. The Balaban J connectivity index is 0.000000249. The molecule has 24 heavy (non-hydrogen) atoms. The van der Waals surface area contributed by atoms with E-state index in [1.54, 1.807) is 12.1 Å². The molecule has 0 atom stereocenters. The van der Waals surface area contributed by atoms with Crippen molar-refractivity contribution in [3.05, 3.63) is 64.1 Å². The minimum atomic E-state index is 0.488. The first kappa shape index (κ1) is 18.7. The number of likely N-dealkylation sites (tertiary alicyclic amines) is 1. The maximum absolute atomic E-state index is 10.5. The van der Waals surface area contributed by atoms with E-state index in [0.29, 0.717) is 12.2 Å². The fourth-order valence-corrected chi connectivity index (χ4v) is 2.87. The van der Waals surface area contributed by atoms with Gasteiger partial charge in [-0.15, -0.1) is 0 Å². The molecule has 0 radical (unpaired) electrons. The smallest absolute Gasteiger partial charge is 0.150 e. The zero-order valence-electron chi connectivity index (χ0n) is 14.1. The second-order valence-corrected chi connectivity index (χ2v) is 6.80. The van der Waals surface area contributed by atoms with Gasteiger partial charge in [0.15, 0.2) is 0 Å². The number of benzene rings is 2. The first-order valence-corrected chi connectivity index (χ1v) is 9.08. The van der Waals surface area contributed by atoms with Crippen LogP contribution in [0.4, 0.5) is 0 Å². The van der Waals surface area contributed by atoms with E-state index in [2.05, 4.69) is 27.9 Å². The Morgan fingerprint density at radius 2 is 1.71 bits per heavy atom. The van der Waals surface area contributed by atoms with Crippen molar-refractivity contribution in [1.82, 2.24) is 4.90 Å². The third-order valence-corrected chi connectivity index (χ3v) is 4.58. The summed E-state index contributed by atoms with van der Waals surface area (Å²) in [6.45, 7) is 3.13. The summed E-state index contributed by atoms with van der Waals surface area (Å²) in [5.74, 6) is 0.812. The lowest BCUT2D eigenvalue weighted by atomic mass is 10.1. The van der Waals surface area contributed by atoms with Crippen molar-refractivity contribution < 1.29 is 9.53 Å². The zero-order valence-corrected chi connectivity index (χ0v) is 15.7. The van der Waals surface area contributed by atoms with Crippen LogP contribution in [0.1, 0.15) is 35.2 Å². The second-order valence-electron chi connectivity index (χ2n) is 5.94. The number of hydrogen-bond donors (Lipinski definition) is 0. The maximum atomic E-state index is 10.5. The standard InChI is InChI=1S/C14H11BrO2.C6H13N/c15-13-3-1-2-4-14(13)17-10-12-7-5-11(9-16)6-8-12;1-7-5-3-2-4-6-7/h1-9H,10H2;2-6H2,1H3. The average Bonchev–Trinajstić information content (AvgIpc) is 2.63. The van der Waals surface area contributed by atoms with E-state index in [4.69, 9.17) is 4.74 Å². The molecule has 0 aromatic heterocycles. The topological polar surface area (TPSA) is 29.5 Å². The Hall–Kier alpha value is -1.65. The molecule has 1 saturated heterocycles. The van der Waals surface area contributed by atoms with Gasteiger partial charge in [-0.2, -0.15) is 0 Å². The summed E-state index contributed by atoms with van der Waals surface area (Å²) in [6, 6.07) is 15.1. The number of aldehydes is 1. The molecule has 0 aliphatic carbocycles. The summed E-state index contributed by atoms with van der Waals surface area (Å²) < 4.78 is 6.60. The molecule has 1 aliphatic rings. The van der Waals surface area contributed by atoms with Crippen molar-refractivity contribution in [3.8, 4) is 5.75 Å². The van der Waals surface area contributed by atoms with Crippen molar-refractivity contribution in [3.63, 3.8) is 0 Å². The lowest BCUT2D eigenvalue weighted by molar-refractivity contribution is 0.112. The summed E-state index contributed by atoms with van der Waals surface area (Å²) in [7, 11) is 2.19. The molecule has 2 aromatic rings. The Kier molecular flexibility index (Phi) is 7.99. The summed E-state index contributed by atoms with van der Waals surface area (Å²) >= 11 is 3.42. The largest absolute Gasteiger partial charge is 0.488 e. The molecular formula is C20H24BrNO2. The summed E-state index contributed by atoms with van der Waals surface area (Å²) in [5, 5.41) is 0. The number of rotatable bonds is 4. The molecule has 1 heterocycles. The lowest BCUT2D eigenvalue weighted by Gasteiger charge is -2.20. The molecular weight excluding hydrogens is 366 g/mol. The zero-order chi connectivity index (χ0) is 17.2. The molecule has 0 saturated carbocycles. The minimum Gasteiger partial charge on any atom is -0.488 e. The van der Waals surface area contributed by atoms with Gasteiger partial charge in [0.1, 0.15) is 18.6 Å². The molecule has 3 nitrogen and oxygen atoms in total. The lowest BCUT2D eigenvalue weighted by Crippen LogP contribution is -2.24. The number of halogens is 1. The number of carbonyl (C=O) groups is 1. The molecule has 1 aliphatic heterocycles. The monoisotopic (exact) mass is 389 g/mol. The van der Waals surface area contributed by atoms with Crippen LogP contribution in [-0.4, -0.2) is 31.3 Å². The average molecular weight is 390 g/mol. The second kappa shape index (κ2) is 10.3. The van der Waals surface area contributed by atoms with Gasteiger partial charge in [-0.25, -0.2) is 0 Å². The summed E-state index contributed by atoms with van der Waals surface area (Å²) in [4.78, 5) is 12.9. The highest BCUT2D eigenvalue weighted by molar-refractivity contribution is 9.10. The van der Waals surface area contributed by atoms with E-state index in [0.717, 1.165) is 22.1 Å². The third-order valence-electron chi connectivity index (χ3n) is 3.93. The van der Waals surface area contributed by atoms with Crippen molar-refractivity contribution in [2.24, 2.45) is 0 Å². The van der Waals surface area contributed by atoms with Crippen LogP contribution in [0, 0.1) is 0 Å². The van der Waals surface area contributed by atoms with Crippen LogP contribution in [0.3, 0.4) is 0 Å². The number of nitrogens with zero attached hydrogens (tertiary/aromatic N) is 1. The minimum absolute atomic E-state index is 0.488. The third kappa shape index (κ3) is 6.46. The number of ether oxygens (including phenoxy) is 1. The molecule has 3 rings (SSSR count). The predicted molar refractivity (Wildman–Crippen MR) is 102 cm³/mol. The molecule has 0 spiro atoms. The van der Waals surface area contributed by atoms with Crippen LogP contribution in [0.15, 0.2) is 53.0 Å². The van der Waals surface area contributed by atoms with E-state index < -0.39 is 0 Å². The number of para-hydroxylation sites is 1. The van der Waals surface area contributed by atoms with Gasteiger partial charge in [0.2, 0.25) is 0 Å². The first-order chi connectivity index (χ1) is 11.7.